The average molecular weight is 440 g/mol. The standard InChI is InChI=1S/C17H36N4O.HI/c1-14(2)10-8-6-7-9-11-20-17(18-5)21-13-12-19-16(22)15(3)4;/h14-15H,6-13H2,1-5H3,(H,19,22)(H2,18,20,21);1H. The van der Waals surface area contributed by atoms with E-state index in [-0.39, 0.29) is 35.8 Å². The van der Waals surface area contributed by atoms with E-state index in [0.717, 1.165) is 18.4 Å². The van der Waals surface area contributed by atoms with Crippen LogP contribution in [0.5, 0.6) is 0 Å². The van der Waals surface area contributed by atoms with Crippen LogP contribution in [-0.4, -0.2) is 38.5 Å². The first kappa shape index (κ1) is 24.7. The van der Waals surface area contributed by atoms with E-state index in [9.17, 15) is 4.79 Å². The Balaban J connectivity index is 0. The van der Waals surface area contributed by atoms with Crippen molar-refractivity contribution in [1.82, 2.24) is 16.0 Å². The molecule has 6 heteroatoms. The Morgan fingerprint density at radius 3 is 2.00 bits per heavy atom. The van der Waals surface area contributed by atoms with E-state index in [1.165, 1.54) is 32.1 Å². The zero-order valence-electron chi connectivity index (χ0n) is 15.6. The number of rotatable bonds is 11. The summed E-state index contributed by atoms with van der Waals surface area (Å²) < 4.78 is 0. The summed E-state index contributed by atoms with van der Waals surface area (Å²) in [5.41, 5.74) is 0. The zero-order chi connectivity index (χ0) is 16.8. The largest absolute Gasteiger partial charge is 0.356 e. The predicted octanol–water partition coefficient (Wildman–Crippen LogP) is 3.15. The van der Waals surface area contributed by atoms with Crippen molar-refractivity contribution in [2.75, 3.05) is 26.7 Å². The molecule has 0 saturated heterocycles. The summed E-state index contributed by atoms with van der Waals surface area (Å²) in [6, 6.07) is 0. The SMILES string of the molecule is CN=C(NCCCCCCC(C)C)NCCNC(=O)C(C)C.I. The molecule has 0 heterocycles. The van der Waals surface area contributed by atoms with Crippen molar-refractivity contribution in [3.8, 4) is 0 Å². The fraction of sp³-hybridized carbons (Fsp3) is 0.882. The third kappa shape index (κ3) is 16.1. The van der Waals surface area contributed by atoms with Gasteiger partial charge in [-0.2, -0.15) is 0 Å². The third-order valence-corrected chi connectivity index (χ3v) is 3.47. The quantitative estimate of drug-likeness (QED) is 0.200. The van der Waals surface area contributed by atoms with Gasteiger partial charge in [0.2, 0.25) is 5.91 Å². The maximum Gasteiger partial charge on any atom is 0.222 e. The normalized spacial score (nSPS) is 11.3. The summed E-state index contributed by atoms with van der Waals surface area (Å²) in [5, 5.41) is 9.39. The lowest BCUT2D eigenvalue weighted by Gasteiger charge is -2.13. The molecule has 0 aliphatic heterocycles. The molecule has 0 radical (unpaired) electrons. The van der Waals surface area contributed by atoms with E-state index in [4.69, 9.17) is 0 Å². The molecule has 0 rings (SSSR count). The van der Waals surface area contributed by atoms with Crippen molar-refractivity contribution in [3.63, 3.8) is 0 Å². The van der Waals surface area contributed by atoms with E-state index in [1.807, 2.05) is 13.8 Å². The number of nitrogens with one attached hydrogen (secondary N) is 3. The summed E-state index contributed by atoms with van der Waals surface area (Å²) in [7, 11) is 1.77. The first-order valence-corrected chi connectivity index (χ1v) is 8.69. The molecule has 0 saturated carbocycles. The van der Waals surface area contributed by atoms with Crippen LogP contribution in [0.2, 0.25) is 0 Å². The molecule has 138 valence electrons. The molecule has 5 nitrogen and oxygen atoms in total. The maximum absolute atomic E-state index is 11.4. The molecule has 0 fully saturated rings. The number of hydrogen-bond acceptors (Lipinski definition) is 2. The van der Waals surface area contributed by atoms with Crippen LogP contribution in [0.4, 0.5) is 0 Å². The Morgan fingerprint density at radius 1 is 0.870 bits per heavy atom. The van der Waals surface area contributed by atoms with Crippen molar-refractivity contribution < 1.29 is 4.79 Å². The van der Waals surface area contributed by atoms with Crippen molar-refractivity contribution in [2.45, 2.75) is 59.8 Å². The smallest absolute Gasteiger partial charge is 0.222 e. The fourth-order valence-electron chi connectivity index (χ4n) is 2.03. The van der Waals surface area contributed by atoms with Gasteiger partial charge in [0, 0.05) is 32.6 Å². The summed E-state index contributed by atoms with van der Waals surface area (Å²) in [4.78, 5) is 15.6. The Labute approximate surface area is 159 Å². The van der Waals surface area contributed by atoms with E-state index in [0.29, 0.717) is 13.1 Å². The highest BCUT2D eigenvalue weighted by Gasteiger charge is 2.05. The molecule has 0 aromatic carbocycles. The Kier molecular flexibility index (Phi) is 17.6. The van der Waals surface area contributed by atoms with Crippen LogP contribution in [0, 0.1) is 11.8 Å². The first-order chi connectivity index (χ1) is 10.5. The number of aliphatic imine (C=N–C) groups is 1. The van der Waals surface area contributed by atoms with E-state index >= 15 is 0 Å². The Bertz CT molecular complexity index is 320. The molecular formula is C17H37IN4O. The molecule has 0 atom stereocenters. The lowest BCUT2D eigenvalue weighted by molar-refractivity contribution is -0.123. The minimum absolute atomic E-state index is 0. The van der Waals surface area contributed by atoms with Gasteiger partial charge in [-0.15, -0.1) is 24.0 Å². The lowest BCUT2D eigenvalue weighted by atomic mass is 10.0. The second-order valence-electron chi connectivity index (χ2n) is 6.47. The molecule has 0 unspecified atom stereocenters. The summed E-state index contributed by atoms with van der Waals surface area (Å²) in [6.45, 7) is 10.6. The third-order valence-electron chi connectivity index (χ3n) is 3.47. The van der Waals surface area contributed by atoms with Gasteiger partial charge < -0.3 is 16.0 Å². The van der Waals surface area contributed by atoms with Crippen molar-refractivity contribution in [1.29, 1.82) is 0 Å². The van der Waals surface area contributed by atoms with E-state index in [1.54, 1.807) is 7.05 Å². The number of amides is 1. The van der Waals surface area contributed by atoms with Gasteiger partial charge >= 0.3 is 0 Å². The lowest BCUT2D eigenvalue weighted by Crippen LogP contribution is -2.42. The van der Waals surface area contributed by atoms with E-state index < -0.39 is 0 Å². The van der Waals surface area contributed by atoms with Crippen LogP contribution in [0.1, 0.15) is 59.8 Å². The van der Waals surface area contributed by atoms with Gasteiger partial charge in [0.1, 0.15) is 0 Å². The second-order valence-corrected chi connectivity index (χ2v) is 6.47. The highest BCUT2D eigenvalue weighted by atomic mass is 127. The summed E-state index contributed by atoms with van der Waals surface area (Å²) in [6.07, 6.45) is 6.41. The van der Waals surface area contributed by atoms with E-state index in [2.05, 4.69) is 34.8 Å². The predicted molar refractivity (Wildman–Crippen MR) is 111 cm³/mol. The van der Waals surface area contributed by atoms with Gasteiger partial charge in [-0.3, -0.25) is 9.79 Å². The van der Waals surface area contributed by atoms with Gasteiger partial charge in [0.25, 0.3) is 0 Å². The van der Waals surface area contributed by atoms with Crippen LogP contribution in [0.3, 0.4) is 0 Å². The molecule has 0 bridgehead atoms. The number of unbranched alkanes of at least 4 members (excludes halogenated alkanes) is 3. The number of guanidine groups is 1. The minimum atomic E-state index is 0. The molecule has 0 aliphatic rings. The van der Waals surface area contributed by atoms with Gasteiger partial charge in [0.15, 0.2) is 5.96 Å². The minimum Gasteiger partial charge on any atom is -0.356 e. The van der Waals surface area contributed by atoms with Gasteiger partial charge in [-0.05, 0) is 12.3 Å². The number of carbonyl (C=O) groups excluding carboxylic acids is 1. The molecule has 1 amide bonds. The zero-order valence-corrected chi connectivity index (χ0v) is 17.9. The molecule has 3 N–H and O–H groups in total. The first-order valence-electron chi connectivity index (χ1n) is 8.69. The van der Waals surface area contributed by atoms with Gasteiger partial charge in [0.05, 0.1) is 0 Å². The van der Waals surface area contributed by atoms with Crippen LogP contribution in [0.25, 0.3) is 0 Å². The number of halogens is 1. The van der Waals surface area contributed by atoms with Crippen LogP contribution < -0.4 is 16.0 Å². The van der Waals surface area contributed by atoms with Crippen molar-refractivity contribution >= 4 is 35.8 Å². The number of carbonyl (C=O) groups is 1. The van der Waals surface area contributed by atoms with Crippen LogP contribution in [-0.2, 0) is 4.79 Å². The Hall–Kier alpha value is -0.530. The van der Waals surface area contributed by atoms with Crippen LogP contribution in [0.15, 0.2) is 4.99 Å². The number of nitrogens with zero attached hydrogens (tertiary/aromatic N) is 1. The summed E-state index contributed by atoms with van der Waals surface area (Å²) >= 11 is 0. The van der Waals surface area contributed by atoms with Gasteiger partial charge in [-0.25, -0.2) is 0 Å². The molecular weight excluding hydrogens is 403 g/mol. The molecule has 0 aromatic heterocycles. The summed E-state index contributed by atoms with van der Waals surface area (Å²) in [5.74, 6) is 1.75. The van der Waals surface area contributed by atoms with Crippen molar-refractivity contribution in [2.24, 2.45) is 16.8 Å². The maximum atomic E-state index is 11.4. The molecule has 0 spiro atoms. The molecule has 0 aromatic rings. The van der Waals surface area contributed by atoms with Crippen molar-refractivity contribution in [3.05, 3.63) is 0 Å². The topological polar surface area (TPSA) is 65.5 Å². The second kappa shape index (κ2) is 16.3. The highest BCUT2D eigenvalue weighted by molar-refractivity contribution is 14.0. The molecule has 23 heavy (non-hydrogen) atoms. The molecule has 0 aliphatic carbocycles. The fourth-order valence-corrected chi connectivity index (χ4v) is 2.03. The van der Waals surface area contributed by atoms with Gasteiger partial charge in [-0.1, -0.05) is 53.4 Å². The monoisotopic (exact) mass is 440 g/mol. The Morgan fingerprint density at radius 2 is 1.43 bits per heavy atom. The average Bonchev–Trinajstić information content (AvgIpc) is 2.47. The number of hydrogen-bond donors (Lipinski definition) is 3. The van der Waals surface area contributed by atoms with Crippen LogP contribution >= 0.6 is 24.0 Å². The highest BCUT2D eigenvalue weighted by Crippen LogP contribution is 2.08.